The summed E-state index contributed by atoms with van der Waals surface area (Å²) in [5, 5.41) is 3.21. The summed E-state index contributed by atoms with van der Waals surface area (Å²) < 4.78 is 5.23. The summed E-state index contributed by atoms with van der Waals surface area (Å²) in [4.78, 5) is 12.6. The number of ether oxygens (including phenoxy) is 1. The molecular formula is C22H29NO2. The number of hydrogen-bond acceptors (Lipinski definition) is 2. The molecule has 3 nitrogen and oxygen atoms in total. The molecule has 2 aromatic rings. The molecule has 134 valence electrons. The van der Waals surface area contributed by atoms with Crippen molar-refractivity contribution in [2.24, 2.45) is 5.92 Å². The van der Waals surface area contributed by atoms with Gasteiger partial charge in [0.25, 0.3) is 0 Å². The second kappa shape index (κ2) is 8.70. The van der Waals surface area contributed by atoms with E-state index in [1.54, 1.807) is 7.11 Å². The maximum Gasteiger partial charge on any atom is 0.224 e. The van der Waals surface area contributed by atoms with E-state index in [4.69, 9.17) is 4.74 Å². The molecule has 0 fully saturated rings. The minimum Gasteiger partial charge on any atom is -0.497 e. The first-order valence-corrected chi connectivity index (χ1v) is 8.88. The van der Waals surface area contributed by atoms with E-state index < -0.39 is 0 Å². The smallest absolute Gasteiger partial charge is 0.224 e. The van der Waals surface area contributed by atoms with Gasteiger partial charge >= 0.3 is 0 Å². The summed E-state index contributed by atoms with van der Waals surface area (Å²) in [6.07, 6.45) is 1.32. The highest BCUT2D eigenvalue weighted by Gasteiger charge is 2.17. The van der Waals surface area contributed by atoms with Gasteiger partial charge in [-0.05, 0) is 55.0 Å². The van der Waals surface area contributed by atoms with E-state index in [0.29, 0.717) is 12.3 Å². The summed E-state index contributed by atoms with van der Waals surface area (Å²) >= 11 is 0. The van der Waals surface area contributed by atoms with Gasteiger partial charge in [-0.1, -0.05) is 49.7 Å². The lowest BCUT2D eigenvalue weighted by Crippen LogP contribution is -2.31. The van der Waals surface area contributed by atoms with E-state index in [2.05, 4.69) is 51.2 Å². The fourth-order valence-corrected chi connectivity index (χ4v) is 3.05. The Kier molecular flexibility index (Phi) is 6.63. The Hall–Kier alpha value is -2.29. The van der Waals surface area contributed by atoms with Gasteiger partial charge in [-0.25, -0.2) is 0 Å². The third-order valence-corrected chi connectivity index (χ3v) is 4.41. The molecule has 25 heavy (non-hydrogen) atoms. The van der Waals surface area contributed by atoms with Crippen molar-refractivity contribution in [2.75, 3.05) is 7.11 Å². The Bertz CT molecular complexity index is 704. The Morgan fingerprint density at radius 3 is 2.32 bits per heavy atom. The maximum atomic E-state index is 12.6. The fraction of sp³-hybridized carbons (Fsp3) is 0.409. The molecule has 1 unspecified atom stereocenters. The monoisotopic (exact) mass is 339 g/mol. The lowest BCUT2D eigenvalue weighted by molar-refractivity contribution is -0.121. The third kappa shape index (κ3) is 5.63. The van der Waals surface area contributed by atoms with Crippen LogP contribution in [0.25, 0.3) is 0 Å². The minimum absolute atomic E-state index is 0.0177. The van der Waals surface area contributed by atoms with Crippen LogP contribution in [0.2, 0.25) is 0 Å². The van der Waals surface area contributed by atoms with Crippen LogP contribution in [0.15, 0.2) is 42.5 Å². The van der Waals surface area contributed by atoms with Gasteiger partial charge in [0.2, 0.25) is 5.91 Å². The summed E-state index contributed by atoms with van der Waals surface area (Å²) in [6, 6.07) is 14.2. The summed E-state index contributed by atoms with van der Waals surface area (Å²) in [7, 11) is 1.66. The summed E-state index contributed by atoms with van der Waals surface area (Å²) in [5.41, 5.74) is 4.59. The van der Waals surface area contributed by atoms with Crippen LogP contribution in [-0.2, 0) is 11.2 Å². The fourth-order valence-electron chi connectivity index (χ4n) is 3.05. The highest BCUT2D eigenvalue weighted by molar-refractivity contribution is 5.79. The molecule has 0 bridgehead atoms. The molecule has 1 N–H and O–H groups in total. The van der Waals surface area contributed by atoms with E-state index in [9.17, 15) is 4.79 Å². The number of amides is 1. The predicted octanol–water partition coefficient (Wildman–Crippen LogP) is 4.76. The number of methoxy groups -OCH3 is 1. The molecule has 1 atom stereocenters. The first-order chi connectivity index (χ1) is 11.9. The van der Waals surface area contributed by atoms with Crippen LogP contribution in [0.3, 0.4) is 0 Å². The number of hydrogen-bond donors (Lipinski definition) is 1. The average Bonchev–Trinajstić information content (AvgIpc) is 2.56. The van der Waals surface area contributed by atoms with Crippen LogP contribution < -0.4 is 10.1 Å². The third-order valence-electron chi connectivity index (χ3n) is 4.41. The number of nitrogens with one attached hydrogen (secondary N) is 1. The van der Waals surface area contributed by atoms with Crippen molar-refractivity contribution in [3.63, 3.8) is 0 Å². The van der Waals surface area contributed by atoms with Gasteiger partial charge in [0.1, 0.15) is 5.75 Å². The van der Waals surface area contributed by atoms with E-state index in [1.807, 2.05) is 24.3 Å². The zero-order valence-electron chi connectivity index (χ0n) is 15.9. The first-order valence-electron chi connectivity index (χ1n) is 8.88. The van der Waals surface area contributed by atoms with E-state index >= 15 is 0 Å². The standard InChI is InChI=1S/C22H29NO2/c1-15(2)12-21(18-8-10-20(25-5)11-9-18)23-22(24)14-19-7-6-16(3)13-17(19)4/h6-11,13,15,21H,12,14H2,1-5H3,(H,23,24). The molecule has 2 rings (SSSR count). The lowest BCUT2D eigenvalue weighted by Gasteiger charge is -2.22. The Morgan fingerprint density at radius 1 is 1.08 bits per heavy atom. The normalized spacial score (nSPS) is 12.1. The quantitative estimate of drug-likeness (QED) is 0.790. The highest BCUT2D eigenvalue weighted by Crippen LogP contribution is 2.24. The lowest BCUT2D eigenvalue weighted by atomic mass is 9.96. The van der Waals surface area contributed by atoms with Crippen LogP contribution >= 0.6 is 0 Å². The zero-order valence-corrected chi connectivity index (χ0v) is 15.9. The molecular weight excluding hydrogens is 310 g/mol. The number of benzene rings is 2. The topological polar surface area (TPSA) is 38.3 Å². The summed E-state index contributed by atoms with van der Waals surface area (Å²) in [5.74, 6) is 1.38. The zero-order chi connectivity index (χ0) is 18.4. The molecule has 0 saturated carbocycles. The molecule has 3 heteroatoms. The molecule has 0 saturated heterocycles. The number of aryl methyl sites for hydroxylation is 2. The van der Waals surface area contributed by atoms with Gasteiger partial charge in [-0.3, -0.25) is 4.79 Å². The van der Waals surface area contributed by atoms with Crippen molar-refractivity contribution in [3.05, 3.63) is 64.7 Å². The SMILES string of the molecule is COc1ccc(C(CC(C)C)NC(=O)Cc2ccc(C)cc2C)cc1. The molecule has 1 amide bonds. The van der Waals surface area contributed by atoms with Crippen LogP contribution in [0.5, 0.6) is 5.75 Å². The highest BCUT2D eigenvalue weighted by atomic mass is 16.5. The molecule has 0 aromatic heterocycles. The molecule has 2 aromatic carbocycles. The number of rotatable bonds is 7. The van der Waals surface area contributed by atoms with Crippen molar-refractivity contribution < 1.29 is 9.53 Å². The molecule has 0 radical (unpaired) electrons. The van der Waals surface area contributed by atoms with E-state index in [-0.39, 0.29) is 11.9 Å². The average molecular weight is 339 g/mol. The van der Waals surface area contributed by atoms with Crippen LogP contribution in [0.4, 0.5) is 0 Å². The predicted molar refractivity (Wildman–Crippen MR) is 103 cm³/mol. The van der Waals surface area contributed by atoms with Gasteiger partial charge in [0.05, 0.1) is 19.6 Å². The Labute approximate surface area is 151 Å². The minimum atomic E-state index is 0.0177. The molecule has 0 aliphatic heterocycles. The largest absolute Gasteiger partial charge is 0.497 e. The summed E-state index contributed by atoms with van der Waals surface area (Å²) in [6.45, 7) is 8.48. The molecule has 0 heterocycles. The maximum absolute atomic E-state index is 12.6. The van der Waals surface area contributed by atoms with Crippen LogP contribution in [-0.4, -0.2) is 13.0 Å². The Morgan fingerprint density at radius 2 is 1.76 bits per heavy atom. The van der Waals surface area contributed by atoms with Gasteiger partial charge in [0.15, 0.2) is 0 Å². The van der Waals surface area contributed by atoms with Crippen molar-refractivity contribution in [1.82, 2.24) is 5.32 Å². The molecule has 0 spiro atoms. The first kappa shape index (κ1) is 19.0. The van der Waals surface area contributed by atoms with Gasteiger partial charge in [-0.2, -0.15) is 0 Å². The van der Waals surface area contributed by atoms with Gasteiger partial charge in [-0.15, -0.1) is 0 Å². The van der Waals surface area contributed by atoms with E-state index in [0.717, 1.165) is 23.3 Å². The molecule has 0 aliphatic rings. The molecule has 0 aliphatic carbocycles. The van der Waals surface area contributed by atoms with Crippen LogP contribution in [0, 0.1) is 19.8 Å². The van der Waals surface area contributed by atoms with Gasteiger partial charge < -0.3 is 10.1 Å². The van der Waals surface area contributed by atoms with Crippen molar-refractivity contribution >= 4 is 5.91 Å². The Balaban J connectivity index is 2.11. The van der Waals surface area contributed by atoms with Crippen molar-refractivity contribution in [2.45, 2.75) is 46.6 Å². The number of carbonyl (C=O) groups excluding carboxylic acids is 1. The second-order valence-electron chi connectivity index (χ2n) is 7.13. The van der Waals surface area contributed by atoms with E-state index in [1.165, 1.54) is 11.1 Å². The number of carbonyl (C=O) groups is 1. The van der Waals surface area contributed by atoms with Crippen molar-refractivity contribution in [3.8, 4) is 5.75 Å². The van der Waals surface area contributed by atoms with Crippen LogP contribution in [0.1, 0.15) is 48.6 Å². The second-order valence-corrected chi connectivity index (χ2v) is 7.13. The van der Waals surface area contributed by atoms with Gasteiger partial charge in [0, 0.05) is 0 Å². The van der Waals surface area contributed by atoms with Crippen molar-refractivity contribution in [1.29, 1.82) is 0 Å².